The van der Waals surface area contributed by atoms with E-state index in [1.165, 1.54) is 50.6 Å². The molecule has 0 heterocycles. The molecule has 3 aromatic carbocycles. The van der Waals surface area contributed by atoms with Crippen LogP contribution in [0.3, 0.4) is 0 Å². The lowest BCUT2D eigenvalue weighted by Crippen LogP contribution is -2.19. The van der Waals surface area contributed by atoms with Crippen molar-refractivity contribution in [3.63, 3.8) is 0 Å². The molecule has 2 N–H and O–H groups in total. The molecule has 0 aliphatic heterocycles. The third-order valence-corrected chi connectivity index (χ3v) is 5.69. The Kier molecular flexibility index (Phi) is 6.56. The van der Waals surface area contributed by atoms with E-state index in [0.717, 1.165) is 0 Å². The summed E-state index contributed by atoms with van der Waals surface area (Å²) in [5.41, 5.74) is 0.841. The summed E-state index contributed by atoms with van der Waals surface area (Å²) in [6.07, 6.45) is 0. The van der Waals surface area contributed by atoms with E-state index in [1.807, 2.05) is 0 Å². The summed E-state index contributed by atoms with van der Waals surface area (Å²) in [6.45, 7) is 0. The molecule has 0 bridgehead atoms. The number of benzene rings is 3. The van der Waals surface area contributed by atoms with Crippen molar-refractivity contribution in [2.75, 3.05) is 24.3 Å². The van der Waals surface area contributed by atoms with Crippen LogP contribution in [-0.4, -0.2) is 34.5 Å². The van der Waals surface area contributed by atoms with Crippen molar-refractivity contribution in [2.45, 2.75) is 4.90 Å². The van der Waals surface area contributed by atoms with Gasteiger partial charge in [0, 0.05) is 5.69 Å². The van der Waals surface area contributed by atoms with Gasteiger partial charge in [-0.15, -0.1) is 0 Å². The standard InChI is InChI=1S/C22H20N2O6S/c1-29-17-12-10-16(11-13-17)23-21(25)19-8-3-4-9-20(19)24-31(27,28)18-7-5-6-15(14-18)22(26)30-2/h3-14,24H,1-2H3,(H,23,25). The first kappa shape index (κ1) is 21.8. The van der Waals surface area contributed by atoms with Crippen LogP contribution in [0.1, 0.15) is 20.7 Å². The lowest BCUT2D eigenvalue weighted by atomic mass is 10.1. The maximum atomic E-state index is 12.9. The van der Waals surface area contributed by atoms with Gasteiger partial charge in [0.25, 0.3) is 15.9 Å². The second-order valence-electron chi connectivity index (χ2n) is 6.35. The molecule has 3 aromatic rings. The number of hydrogen-bond acceptors (Lipinski definition) is 6. The number of para-hydroxylation sites is 1. The molecule has 1 amide bonds. The van der Waals surface area contributed by atoms with Crippen molar-refractivity contribution in [3.8, 4) is 5.75 Å². The van der Waals surface area contributed by atoms with Gasteiger partial charge in [0.2, 0.25) is 0 Å². The minimum atomic E-state index is -4.07. The van der Waals surface area contributed by atoms with Gasteiger partial charge in [0.1, 0.15) is 5.75 Å². The number of sulfonamides is 1. The number of carbonyl (C=O) groups excluding carboxylic acids is 2. The summed E-state index contributed by atoms with van der Waals surface area (Å²) in [5, 5.41) is 2.72. The number of anilines is 2. The Bertz CT molecular complexity index is 1210. The number of amides is 1. The zero-order valence-corrected chi connectivity index (χ0v) is 17.6. The average Bonchev–Trinajstić information content (AvgIpc) is 2.79. The van der Waals surface area contributed by atoms with Crippen LogP contribution in [0.4, 0.5) is 11.4 Å². The summed E-state index contributed by atoms with van der Waals surface area (Å²) in [6, 6.07) is 18.4. The van der Waals surface area contributed by atoms with Gasteiger partial charge in [0.05, 0.1) is 35.9 Å². The van der Waals surface area contributed by atoms with E-state index in [1.54, 1.807) is 36.4 Å². The van der Waals surface area contributed by atoms with Gasteiger partial charge >= 0.3 is 5.97 Å². The Morgan fingerprint density at radius 3 is 2.26 bits per heavy atom. The lowest BCUT2D eigenvalue weighted by Gasteiger charge is -2.13. The molecule has 3 rings (SSSR count). The fraction of sp³-hybridized carbons (Fsp3) is 0.0909. The summed E-state index contributed by atoms with van der Waals surface area (Å²) < 4.78 is 37.8. The molecule has 8 nitrogen and oxygen atoms in total. The first-order valence-corrected chi connectivity index (χ1v) is 10.6. The maximum Gasteiger partial charge on any atom is 0.337 e. The predicted octanol–water partition coefficient (Wildman–Crippen LogP) is 3.53. The zero-order valence-electron chi connectivity index (χ0n) is 16.8. The van der Waals surface area contributed by atoms with Crippen molar-refractivity contribution in [2.24, 2.45) is 0 Å². The number of esters is 1. The Balaban J connectivity index is 1.85. The van der Waals surface area contributed by atoms with Crippen molar-refractivity contribution in [1.29, 1.82) is 0 Å². The molecule has 0 aliphatic carbocycles. The van der Waals surface area contributed by atoms with Crippen LogP contribution >= 0.6 is 0 Å². The van der Waals surface area contributed by atoms with Gasteiger partial charge in [-0.3, -0.25) is 9.52 Å². The van der Waals surface area contributed by atoms with E-state index in [2.05, 4.69) is 14.8 Å². The van der Waals surface area contributed by atoms with E-state index >= 15 is 0 Å². The van der Waals surface area contributed by atoms with Crippen molar-refractivity contribution >= 4 is 33.3 Å². The fourth-order valence-corrected chi connectivity index (χ4v) is 3.88. The number of ether oxygens (including phenoxy) is 2. The highest BCUT2D eigenvalue weighted by molar-refractivity contribution is 7.92. The number of methoxy groups -OCH3 is 2. The van der Waals surface area contributed by atoms with E-state index in [-0.39, 0.29) is 21.7 Å². The molecule has 0 aliphatic rings. The Morgan fingerprint density at radius 1 is 0.871 bits per heavy atom. The van der Waals surface area contributed by atoms with Gasteiger partial charge < -0.3 is 14.8 Å². The van der Waals surface area contributed by atoms with Crippen LogP contribution in [0.2, 0.25) is 0 Å². The highest BCUT2D eigenvalue weighted by atomic mass is 32.2. The van der Waals surface area contributed by atoms with Gasteiger partial charge in [-0.1, -0.05) is 18.2 Å². The molecular formula is C22H20N2O6S. The molecule has 0 saturated heterocycles. The molecular weight excluding hydrogens is 420 g/mol. The van der Waals surface area contributed by atoms with Crippen molar-refractivity contribution in [1.82, 2.24) is 0 Å². The highest BCUT2D eigenvalue weighted by Gasteiger charge is 2.20. The topological polar surface area (TPSA) is 111 Å². The lowest BCUT2D eigenvalue weighted by molar-refractivity contribution is 0.0600. The van der Waals surface area contributed by atoms with E-state index in [9.17, 15) is 18.0 Å². The minimum absolute atomic E-state index is 0.0934. The van der Waals surface area contributed by atoms with E-state index in [0.29, 0.717) is 11.4 Å². The molecule has 0 atom stereocenters. The maximum absolute atomic E-state index is 12.9. The SMILES string of the molecule is COC(=O)c1cccc(S(=O)(=O)Nc2ccccc2C(=O)Nc2ccc(OC)cc2)c1. The Labute approximate surface area is 179 Å². The Morgan fingerprint density at radius 2 is 1.58 bits per heavy atom. The second kappa shape index (κ2) is 9.31. The largest absolute Gasteiger partial charge is 0.497 e. The van der Waals surface area contributed by atoms with Gasteiger partial charge in [-0.2, -0.15) is 0 Å². The zero-order chi connectivity index (χ0) is 22.4. The first-order valence-electron chi connectivity index (χ1n) is 9.09. The summed E-state index contributed by atoms with van der Waals surface area (Å²) in [4.78, 5) is 24.3. The number of rotatable bonds is 7. The first-order chi connectivity index (χ1) is 14.8. The minimum Gasteiger partial charge on any atom is -0.497 e. The van der Waals surface area contributed by atoms with Crippen LogP contribution in [0.25, 0.3) is 0 Å². The van der Waals surface area contributed by atoms with Crippen molar-refractivity contribution in [3.05, 3.63) is 83.9 Å². The number of nitrogens with one attached hydrogen (secondary N) is 2. The summed E-state index contributed by atoms with van der Waals surface area (Å²) in [5.74, 6) is -0.511. The predicted molar refractivity (Wildman–Crippen MR) is 116 cm³/mol. The molecule has 9 heteroatoms. The van der Waals surface area contributed by atoms with Crippen LogP contribution in [-0.2, 0) is 14.8 Å². The van der Waals surface area contributed by atoms with Crippen LogP contribution in [0, 0.1) is 0 Å². The van der Waals surface area contributed by atoms with E-state index in [4.69, 9.17) is 4.74 Å². The Hall–Kier alpha value is -3.85. The molecule has 31 heavy (non-hydrogen) atoms. The van der Waals surface area contributed by atoms with Crippen LogP contribution in [0.15, 0.2) is 77.7 Å². The molecule has 0 fully saturated rings. The normalized spacial score (nSPS) is 10.8. The number of hydrogen-bond donors (Lipinski definition) is 2. The molecule has 160 valence electrons. The molecule has 0 spiro atoms. The highest BCUT2D eigenvalue weighted by Crippen LogP contribution is 2.23. The third-order valence-electron chi connectivity index (χ3n) is 4.33. The molecule has 0 aromatic heterocycles. The third kappa shape index (κ3) is 5.20. The molecule has 0 saturated carbocycles. The average molecular weight is 440 g/mol. The quantitative estimate of drug-likeness (QED) is 0.544. The smallest absolute Gasteiger partial charge is 0.337 e. The fourth-order valence-electron chi connectivity index (χ4n) is 2.75. The molecule has 0 unspecified atom stereocenters. The van der Waals surface area contributed by atoms with Gasteiger partial charge in [-0.25, -0.2) is 13.2 Å². The van der Waals surface area contributed by atoms with Crippen LogP contribution < -0.4 is 14.8 Å². The van der Waals surface area contributed by atoms with Crippen LogP contribution in [0.5, 0.6) is 5.75 Å². The number of carbonyl (C=O) groups is 2. The summed E-state index contributed by atoms with van der Waals surface area (Å²) >= 11 is 0. The second-order valence-corrected chi connectivity index (χ2v) is 8.04. The van der Waals surface area contributed by atoms with Gasteiger partial charge in [-0.05, 0) is 54.6 Å². The molecule has 0 radical (unpaired) electrons. The van der Waals surface area contributed by atoms with Crippen molar-refractivity contribution < 1.29 is 27.5 Å². The monoisotopic (exact) mass is 440 g/mol. The van der Waals surface area contributed by atoms with Gasteiger partial charge in [0.15, 0.2) is 0 Å². The summed E-state index contributed by atoms with van der Waals surface area (Å²) in [7, 11) is -1.32. The van der Waals surface area contributed by atoms with E-state index < -0.39 is 21.9 Å².